The highest BCUT2D eigenvalue weighted by atomic mass is 35.5. The molecular formula is C18H17ClFN7O2. The smallest absolute Gasteiger partial charge is 0.252 e. The molecule has 2 aromatic rings. The van der Waals surface area contributed by atoms with Crippen molar-refractivity contribution < 1.29 is 13.5 Å². The Morgan fingerprint density at radius 3 is 2.86 bits per heavy atom. The van der Waals surface area contributed by atoms with Crippen LogP contribution >= 0.6 is 11.6 Å². The molecule has 0 bridgehead atoms. The van der Waals surface area contributed by atoms with Crippen LogP contribution in [-0.4, -0.2) is 77.0 Å². The first kappa shape index (κ1) is 18.2. The van der Waals surface area contributed by atoms with Gasteiger partial charge in [-0.15, -0.1) is 10.2 Å². The summed E-state index contributed by atoms with van der Waals surface area (Å²) in [4.78, 5) is 17.6. The van der Waals surface area contributed by atoms with Gasteiger partial charge in [0.05, 0.1) is 36.7 Å². The lowest BCUT2D eigenvalue weighted by atomic mass is 10.1. The maximum atomic E-state index is 14.1. The third-order valence-electron chi connectivity index (χ3n) is 4.97. The Hall–Kier alpha value is -2.85. The van der Waals surface area contributed by atoms with E-state index in [0.29, 0.717) is 19.1 Å². The van der Waals surface area contributed by atoms with Gasteiger partial charge in [0, 0.05) is 13.1 Å². The molecule has 5 rings (SSSR count). The van der Waals surface area contributed by atoms with Gasteiger partial charge in [0.15, 0.2) is 6.17 Å². The Bertz CT molecular complexity index is 982. The zero-order valence-electron chi connectivity index (χ0n) is 15.3. The second kappa shape index (κ2) is 7.53. The highest BCUT2D eigenvalue weighted by molar-refractivity contribution is 6.33. The normalized spacial score (nSPS) is 23.4. The predicted octanol–water partition coefficient (Wildman–Crippen LogP) is 1.84. The highest BCUT2D eigenvalue weighted by Crippen LogP contribution is 2.30. The Labute approximate surface area is 170 Å². The molecule has 0 amide bonds. The van der Waals surface area contributed by atoms with Crippen LogP contribution in [0.2, 0.25) is 5.02 Å². The fraction of sp³-hybridized carbons (Fsp3) is 0.389. The largest absolute Gasteiger partial charge is 0.419 e. The number of aromatic nitrogens is 2. The van der Waals surface area contributed by atoms with E-state index in [1.807, 2.05) is 4.90 Å². The van der Waals surface area contributed by atoms with Crippen molar-refractivity contribution in [3.05, 3.63) is 34.9 Å². The van der Waals surface area contributed by atoms with Crippen molar-refractivity contribution in [2.24, 2.45) is 15.0 Å². The maximum Gasteiger partial charge on any atom is 0.252 e. The number of hydrogen-bond donors (Lipinski definition) is 0. The van der Waals surface area contributed by atoms with Gasteiger partial charge < -0.3 is 19.0 Å². The van der Waals surface area contributed by atoms with Crippen molar-refractivity contribution >= 4 is 30.1 Å². The molecule has 4 heterocycles. The second-order valence-corrected chi connectivity index (χ2v) is 7.15. The van der Waals surface area contributed by atoms with E-state index in [9.17, 15) is 4.39 Å². The fourth-order valence-corrected chi connectivity index (χ4v) is 3.80. The topological polar surface area (TPSA) is 91.7 Å². The minimum Gasteiger partial charge on any atom is -0.419 e. The summed E-state index contributed by atoms with van der Waals surface area (Å²) in [5.41, 5.74) is 0.0957. The molecule has 0 spiro atoms. The van der Waals surface area contributed by atoms with Crippen LogP contribution in [0, 0.1) is 5.82 Å². The average molecular weight is 418 g/mol. The van der Waals surface area contributed by atoms with Gasteiger partial charge in [-0.2, -0.15) is 0 Å². The molecule has 1 saturated heterocycles. The van der Waals surface area contributed by atoms with Crippen LogP contribution < -0.4 is 0 Å². The summed E-state index contributed by atoms with van der Waals surface area (Å²) in [5, 5.41) is 8.19. The van der Waals surface area contributed by atoms with Gasteiger partial charge in [-0.25, -0.2) is 14.4 Å². The van der Waals surface area contributed by atoms with E-state index >= 15 is 0 Å². The third kappa shape index (κ3) is 3.38. The number of benzene rings is 1. The van der Waals surface area contributed by atoms with Gasteiger partial charge in [-0.1, -0.05) is 17.7 Å². The molecule has 0 saturated carbocycles. The van der Waals surface area contributed by atoms with E-state index in [2.05, 4.69) is 30.1 Å². The highest BCUT2D eigenvalue weighted by Gasteiger charge is 2.39. The summed E-state index contributed by atoms with van der Waals surface area (Å²) in [5.74, 6) is 0.728. The number of hydrogen-bond acceptors (Lipinski definition) is 9. The first-order valence-electron chi connectivity index (χ1n) is 9.18. The van der Waals surface area contributed by atoms with E-state index in [0.717, 1.165) is 18.9 Å². The van der Waals surface area contributed by atoms with Crippen molar-refractivity contribution in [3.63, 3.8) is 0 Å². The van der Waals surface area contributed by atoms with E-state index < -0.39 is 5.82 Å². The average Bonchev–Trinajstić information content (AvgIpc) is 3.36. The summed E-state index contributed by atoms with van der Waals surface area (Å²) >= 11 is 6.08. The number of halogens is 2. The second-order valence-electron chi connectivity index (χ2n) is 6.74. The van der Waals surface area contributed by atoms with Crippen molar-refractivity contribution in [2.75, 3.05) is 26.3 Å². The number of morpholine rings is 1. The molecule has 29 heavy (non-hydrogen) atoms. The summed E-state index contributed by atoms with van der Waals surface area (Å²) in [6.45, 7) is 3.19. The van der Waals surface area contributed by atoms with E-state index in [1.165, 1.54) is 12.1 Å². The molecule has 1 fully saturated rings. The number of rotatable bonds is 3. The number of aliphatic imine (C=N–C) groups is 3. The number of amidine groups is 1. The van der Waals surface area contributed by atoms with Gasteiger partial charge in [0.25, 0.3) is 5.89 Å². The van der Waals surface area contributed by atoms with Crippen LogP contribution in [0.15, 0.2) is 37.6 Å². The van der Waals surface area contributed by atoms with Gasteiger partial charge in [0.2, 0.25) is 5.89 Å². The van der Waals surface area contributed by atoms with Crippen LogP contribution in [0.1, 0.15) is 5.89 Å². The Morgan fingerprint density at radius 1 is 1.17 bits per heavy atom. The minimum atomic E-state index is -0.515. The molecule has 0 N–H and O–H groups in total. The van der Waals surface area contributed by atoms with Crippen LogP contribution in [0.4, 0.5) is 4.39 Å². The van der Waals surface area contributed by atoms with E-state index in [-0.39, 0.29) is 35.2 Å². The van der Waals surface area contributed by atoms with Gasteiger partial charge in [-0.3, -0.25) is 4.99 Å². The zero-order valence-corrected chi connectivity index (χ0v) is 16.0. The van der Waals surface area contributed by atoms with Gasteiger partial charge >= 0.3 is 0 Å². The Morgan fingerprint density at radius 2 is 2.03 bits per heavy atom. The van der Waals surface area contributed by atoms with E-state index in [4.69, 9.17) is 20.8 Å². The minimum absolute atomic E-state index is 0.0403. The molecule has 1 aromatic heterocycles. The first-order valence-corrected chi connectivity index (χ1v) is 9.56. The van der Waals surface area contributed by atoms with Crippen LogP contribution in [0.25, 0.3) is 11.5 Å². The standard InChI is InChI=1S/C18H17ClFN7O2/c19-11-2-1-3-12(20)14(11)18-25-24-13(29-18)8-27-10-23-15-16(21-9-22-17(15)27)26-4-6-28-7-5-26/h1-3,9-10,15,17H,4-8H2. The number of ether oxygens (including phenoxy) is 1. The van der Waals surface area contributed by atoms with Crippen molar-refractivity contribution in [2.45, 2.75) is 18.8 Å². The SMILES string of the molecule is Fc1cccc(Cl)c1-c1nnc(CN2C=NC3C(N4CCOCC4)=NC=NC32)o1. The molecule has 2 atom stereocenters. The lowest BCUT2D eigenvalue weighted by molar-refractivity contribution is 0.0662. The maximum absolute atomic E-state index is 14.1. The molecule has 0 aliphatic carbocycles. The molecule has 3 aliphatic heterocycles. The lowest BCUT2D eigenvalue weighted by Crippen LogP contribution is -2.50. The van der Waals surface area contributed by atoms with Gasteiger partial charge in [0.1, 0.15) is 24.0 Å². The Balaban J connectivity index is 1.32. The van der Waals surface area contributed by atoms with Crippen molar-refractivity contribution in [1.82, 2.24) is 20.0 Å². The summed E-state index contributed by atoms with van der Waals surface area (Å²) in [6.07, 6.45) is 3.04. The molecule has 11 heteroatoms. The molecule has 1 aromatic carbocycles. The molecule has 150 valence electrons. The van der Waals surface area contributed by atoms with Crippen LogP contribution in [-0.2, 0) is 11.3 Å². The van der Waals surface area contributed by atoms with Crippen LogP contribution in [0.3, 0.4) is 0 Å². The zero-order chi connectivity index (χ0) is 19.8. The molecule has 0 radical (unpaired) electrons. The summed E-state index contributed by atoms with van der Waals surface area (Å²) in [6, 6.07) is 4.20. The van der Waals surface area contributed by atoms with Crippen molar-refractivity contribution in [1.29, 1.82) is 0 Å². The summed E-state index contributed by atoms with van der Waals surface area (Å²) in [7, 11) is 0. The number of fused-ring (bicyclic) bond motifs is 1. The monoisotopic (exact) mass is 417 g/mol. The third-order valence-corrected chi connectivity index (χ3v) is 5.28. The molecule has 3 aliphatic rings. The molecular weight excluding hydrogens is 401 g/mol. The lowest BCUT2D eigenvalue weighted by Gasteiger charge is -2.34. The Kier molecular flexibility index (Phi) is 4.72. The molecule has 9 nitrogen and oxygen atoms in total. The quantitative estimate of drug-likeness (QED) is 0.756. The molecule has 2 unspecified atom stereocenters. The van der Waals surface area contributed by atoms with E-state index in [1.54, 1.807) is 18.7 Å². The summed E-state index contributed by atoms with van der Waals surface area (Å²) < 4.78 is 25.2. The first-order chi connectivity index (χ1) is 14.2. The predicted molar refractivity (Wildman–Crippen MR) is 105 cm³/mol. The number of nitrogens with zero attached hydrogens (tertiary/aromatic N) is 7. The van der Waals surface area contributed by atoms with Gasteiger partial charge in [-0.05, 0) is 12.1 Å². The van der Waals surface area contributed by atoms with Crippen LogP contribution in [0.5, 0.6) is 0 Å². The fourth-order valence-electron chi connectivity index (χ4n) is 3.56. The van der Waals surface area contributed by atoms with Crippen molar-refractivity contribution in [3.8, 4) is 11.5 Å².